The summed E-state index contributed by atoms with van der Waals surface area (Å²) in [4.78, 5) is 4.39. The topological polar surface area (TPSA) is 38.9 Å². The molecule has 0 radical (unpaired) electrons. The molecule has 1 fully saturated rings. The van der Waals surface area contributed by atoms with Crippen LogP contribution in [-0.2, 0) is 0 Å². The molecule has 0 bridgehead atoms. The molecule has 3 nitrogen and oxygen atoms in total. The van der Waals surface area contributed by atoms with Gasteiger partial charge in [-0.2, -0.15) is 4.98 Å². The van der Waals surface area contributed by atoms with Crippen molar-refractivity contribution in [3.05, 3.63) is 35.7 Å². The maximum atomic E-state index is 5.21. The summed E-state index contributed by atoms with van der Waals surface area (Å²) in [5.41, 5.74) is 2.26. The molecule has 1 aliphatic carbocycles. The predicted molar refractivity (Wildman–Crippen MR) is 56.4 cm³/mol. The van der Waals surface area contributed by atoms with E-state index in [-0.39, 0.29) is 0 Å². The number of benzene rings is 1. The fourth-order valence-corrected chi connectivity index (χ4v) is 1.55. The van der Waals surface area contributed by atoms with Crippen LogP contribution in [0.25, 0.3) is 11.4 Å². The van der Waals surface area contributed by atoms with Crippen LogP contribution in [-0.4, -0.2) is 10.1 Å². The summed E-state index contributed by atoms with van der Waals surface area (Å²) in [7, 11) is 0. The van der Waals surface area contributed by atoms with E-state index in [9.17, 15) is 0 Å². The molecular formula is C12H12N2O. The van der Waals surface area contributed by atoms with Crippen molar-refractivity contribution in [2.45, 2.75) is 25.7 Å². The highest BCUT2D eigenvalue weighted by molar-refractivity contribution is 5.54. The van der Waals surface area contributed by atoms with Gasteiger partial charge in [0.15, 0.2) is 0 Å². The average molecular weight is 200 g/mol. The first kappa shape index (κ1) is 8.65. The van der Waals surface area contributed by atoms with Crippen molar-refractivity contribution >= 4 is 0 Å². The zero-order chi connectivity index (χ0) is 10.3. The molecule has 0 unspecified atom stereocenters. The largest absolute Gasteiger partial charge is 0.339 e. The third-order valence-electron chi connectivity index (χ3n) is 2.68. The summed E-state index contributed by atoms with van der Waals surface area (Å²) >= 11 is 0. The van der Waals surface area contributed by atoms with Crippen molar-refractivity contribution in [3.63, 3.8) is 0 Å². The molecule has 1 heterocycles. The van der Waals surface area contributed by atoms with Crippen molar-refractivity contribution in [3.8, 4) is 11.4 Å². The Morgan fingerprint density at radius 2 is 1.93 bits per heavy atom. The van der Waals surface area contributed by atoms with Gasteiger partial charge in [0, 0.05) is 11.5 Å². The summed E-state index contributed by atoms with van der Waals surface area (Å²) in [5.74, 6) is 2.03. The molecule has 76 valence electrons. The summed E-state index contributed by atoms with van der Waals surface area (Å²) < 4.78 is 5.21. The Labute approximate surface area is 88.1 Å². The van der Waals surface area contributed by atoms with Crippen molar-refractivity contribution in [2.75, 3.05) is 0 Å². The van der Waals surface area contributed by atoms with Crippen LogP contribution in [0.2, 0.25) is 0 Å². The van der Waals surface area contributed by atoms with Gasteiger partial charge in [0.05, 0.1) is 0 Å². The molecule has 1 aliphatic rings. The number of nitrogens with zero attached hydrogens (tertiary/aromatic N) is 2. The van der Waals surface area contributed by atoms with E-state index in [2.05, 4.69) is 29.2 Å². The zero-order valence-corrected chi connectivity index (χ0v) is 8.60. The highest BCUT2D eigenvalue weighted by Crippen LogP contribution is 2.39. The fourth-order valence-electron chi connectivity index (χ4n) is 1.55. The molecule has 0 amide bonds. The third kappa shape index (κ3) is 1.65. The minimum absolute atomic E-state index is 0.525. The van der Waals surface area contributed by atoms with E-state index < -0.39 is 0 Å². The molecule has 3 heteroatoms. The van der Waals surface area contributed by atoms with E-state index in [0.717, 1.165) is 11.5 Å². The number of hydrogen-bond acceptors (Lipinski definition) is 3. The van der Waals surface area contributed by atoms with Gasteiger partial charge in [0.1, 0.15) is 0 Å². The Morgan fingerprint density at radius 3 is 2.60 bits per heavy atom. The molecule has 2 aromatic rings. The number of rotatable bonds is 2. The summed E-state index contributed by atoms with van der Waals surface area (Å²) in [6.07, 6.45) is 2.38. The SMILES string of the molecule is Cc1ccc(-c2noc(C3CC3)n2)cc1. The molecule has 1 aromatic heterocycles. The molecule has 1 saturated carbocycles. The molecule has 0 spiro atoms. The standard InChI is InChI=1S/C12H12N2O/c1-8-2-4-9(5-3-8)11-13-12(15-14-11)10-6-7-10/h2-5,10H,6-7H2,1H3. The van der Waals surface area contributed by atoms with Gasteiger partial charge < -0.3 is 4.52 Å². The number of aromatic nitrogens is 2. The van der Waals surface area contributed by atoms with Crippen molar-refractivity contribution in [2.24, 2.45) is 0 Å². The van der Waals surface area contributed by atoms with E-state index in [4.69, 9.17) is 4.52 Å². The van der Waals surface area contributed by atoms with Gasteiger partial charge in [0.25, 0.3) is 0 Å². The molecule has 0 aliphatic heterocycles. The lowest BCUT2D eigenvalue weighted by Crippen LogP contribution is -1.82. The molecule has 3 rings (SSSR count). The Bertz CT molecular complexity index is 469. The van der Waals surface area contributed by atoms with E-state index in [1.54, 1.807) is 0 Å². The van der Waals surface area contributed by atoms with E-state index in [1.807, 2.05) is 12.1 Å². The quantitative estimate of drug-likeness (QED) is 0.748. The first-order chi connectivity index (χ1) is 7.33. The van der Waals surface area contributed by atoms with Crippen LogP contribution < -0.4 is 0 Å². The van der Waals surface area contributed by atoms with E-state index in [1.165, 1.54) is 18.4 Å². The van der Waals surface area contributed by atoms with Crippen molar-refractivity contribution in [1.82, 2.24) is 10.1 Å². The van der Waals surface area contributed by atoms with Gasteiger partial charge in [-0.05, 0) is 19.8 Å². The molecule has 1 aromatic carbocycles. The molecule has 0 saturated heterocycles. The Hall–Kier alpha value is -1.64. The van der Waals surface area contributed by atoms with Crippen LogP contribution in [0.3, 0.4) is 0 Å². The molecule has 0 N–H and O–H groups in total. The highest BCUT2D eigenvalue weighted by Gasteiger charge is 2.29. The average Bonchev–Trinajstić information content (AvgIpc) is 2.99. The smallest absolute Gasteiger partial charge is 0.230 e. The lowest BCUT2D eigenvalue weighted by molar-refractivity contribution is 0.380. The van der Waals surface area contributed by atoms with Gasteiger partial charge in [0.2, 0.25) is 11.7 Å². The van der Waals surface area contributed by atoms with Gasteiger partial charge in [-0.1, -0.05) is 35.0 Å². The second kappa shape index (κ2) is 3.19. The first-order valence-corrected chi connectivity index (χ1v) is 5.23. The lowest BCUT2D eigenvalue weighted by atomic mass is 10.1. The minimum atomic E-state index is 0.525. The highest BCUT2D eigenvalue weighted by atomic mass is 16.5. The van der Waals surface area contributed by atoms with Gasteiger partial charge in [-0.3, -0.25) is 0 Å². The zero-order valence-electron chi connectivity index (χ0n) is 8.60. The Morgan fingerprint density at radius 1 is 1.20 bits per heavy atom. The monoisotopic (exact) mass is 200 g/mol. The van der Waals surface area contributed by atoms with E-state index in [0.29, 0.717) is 11.7 Å². The second-order valence-electron chi connectivity index (χ2n) is 4.10. The van der Waals surface area contributed by atoms with E-state index >= 15 is 0 Å². The molecule has 0 atom stereocenters. The van der Waals surface area contributed by atoms with Crippen LogP contribution in [0, 0.1) is 6.92 Å². The predicted octanol–water partition coefficient (Wildman–Crippen LogP) is 2.92. The first-order valence-electron chi connectivity index (χ1n) is 5.23. The minimum Gasteiger partial charge on any atom is -0.339 e. The summed E-state index contributed by atoms with van der Waals surface area (Å²) in [6.45, 7) is 2.07. The van der Waals surface area contributed by atoms with Gasteiger partial charge >= 0.3 is 0 Å². The fraction of sp³-hybridized carbons (Fsp3) is 0.333. The summed E-state index contributed by atoms with van der Waals surface area (Å²) in [6, 6.07) is 8.17. The maximum Gasteiger partial charge on any atom is 0.230 e. The van der Waals surface area contributed by atoms with Gasteiger partial charge in [-0.15, -0.1) is 0 Å². The van der Waals surface area contributed by atoms with Crippen molar-refractivity contribution in [1.29, 1.82) is 0 Å². The Kier molecular flexibility index (Phi) is 1.84. The number of aryl methyl sites for hydroxylation is 1. The molecular weight excluding hydrogens is 188 g/mol. The van der Waals surface area contributed by atoms with Crippen LogP contribution in [0.1, 0.15) is 30.2 Å². The van der Waals surface area contributed by atoms with Crippen LogP contribution in [0.15, 0.2) is 28.8 Å². The lowest BCUT2D eigenvalue weighted by Gasteiger charge is -1.94. The maximum absolute atomic E-state index is 5.21. The van der Waals surface area contributed by atoms with Crippen LogP contribution >= 0.6 is 0 Å². The normalized spacial score (nSPS) is 15.5. The third-order valence-corrected chi connectivity index (χ3v) is 2.68. The molecule has 15 heavy (non-hydrogen) atoms. The van der Waals surface area contributed by atoms with Gasteiger partial charge in [-0.25, -0.2) is 0 Å². The summed E-state index contributed by atoms with van der Waals surface area (Å²) in [5, 5.41) is 3.99. The van der Waals surface area contributed by atoms with Crippen LogP contribution in [0.5, 0.6) is 0 Å². The second-order valence-corrected chi connectivity index (χ2v) is 4.10. The Balaban J connectivity index is 1.93. The van der Waals surface area contributed by atoms with Crippen LogP contribution in [0.4, 0.5) is 0 Å². The van der Waals surface area contributed by atoms with Crippen molar-refractivity contribution < 1.29 is 4.52 Å². The number of hydrogen-bond donors (Lipinski definition) is 0.